The van der Waals surface area contributed by atoms with E-state index in [0.29, 0.717) is 23.9 Å². The minimum absolute atomic E-state index is 0.238. The maximum Gasteiger partial charge on any atom is 0.307 e. The number of rotatable bonds is 5. The van der Waals surface area contributed by atoms with Gasteiger partial charge in [0.1, 0.15) is 5.69 Å². The molecular weight excluding hydrogens is 228 g/mol. The van der Waals surface area contributed by atoms with Crippen LogP contribution < -0.4 is 0 Å². The van der Waals surface area contributed by atoms with Crippen molar-refractivity contribution in [3.8, 4) is 0 Å². The first kappa shape index (κ1) is 12.6. The summed E-state index contributed by atoms with van der Waals surface area (Å²) in [6.07, 6.45) is 0.238. The van der Waals surface area contributed by atoms with Crippen molar-refractivity contribution < 1.29 is 9.53 Å². The van der Waals surface area contributed by atoms with Gasteiger partial charge in [-0.3, -0.25) is 4.79 Å². The Hall–Kier alpha value is -1.42. The van der Waals surface area contributed by atoms with Crippen molar-refractivity contribution in [3.63, 3.8) is 0 Å². The van der Waals surface area contributed by atoms with E-state index in [4.69, 9.17) is 16.3 Å². The molecule has 0 bridgehead atoms. The maximum absolute atomic E-state index is 11.0. The zero-order valence-corrected chi connectivity index (χ0v) is 9.78. The van der Waals surface area contributed by atoms with E-state index < -0.39 is 0 Å². The Bertz CT molecular complexity index is 380. The second kappa shape index (κ2) is 6.95. The van der Waals surface area contributed by atoms with Gasteiger partial charge in [0.05, 0.1) is 24.6 Å². The number of halogens is 1. The predicted molar refractivity (Wildman–Crippen MR) is 62.1 cm³/mol. The molecule has 1 rings (SSSR count). The number of hydrogen-bond acceptors (Lipinski definition) is 4. The highest BCUT2D eigenvalue weighted by Crippen LogP contribution is 2.23. The van der Waals surface area contributed by atoms with Crippen LogP contribution in [0.25, 0.3) is 0 Å². The van der Waals surface area contributed by atoms with E-state index >= 15 is 0 Å². The molecule has 5 heteroatoms. The van der Waals surface area contributed by atoms with E-state index in [0.717, 1.165) is 0 Å². The van der Waals surface area contributed by atoms with Crippen molar-refractivity contribution in [2.24, 2.45) is 10.2 Å². The van der Waals surface area contributed by atoms with Gasteiger partial charge in [-0.15, -0.1) is 0 Å². The minimum Gasteiger partial charge on any atom is -0.466 e. The largest absolute Gasteiger partial charge is 0.466 e. The number of nitrogens with zero attached hydrogens (tertiary/aromatic N) is 2. The molecule has 86 valence electrons. The summed E-state index contributed by atoms with van der Waals surface area (Å²) < 4.78 is 4.75. The van der Waals surface area contributed by atoms with E-state index in [1.807, 2.05) is 12.1 Å². The third kappa shape index (κ3) is 4.40. The molecule has 1 aromatic carbocycles. The smallest absolute Gasteiger partial charge is 0.307 e. The van der Waals surface area contributed by atoms with Gasteiger partial charge in [0, 0.05) is 0 Å². The molecule has 0 saturated carbocycles. The molecule has 0 N–H and O–H groups in total. The molecule has 0 fully saturated rings. The summed E-state index contributed by atoms with van der Waals surface area (Å²) in [5.41, 5.74) is 0.605. The highest BCUT2D eigenvalue weighted by atomic mass is 35.5. The van der Waals surface area contributed by atoms with Gasteiger partial charge in [-0.1, -0.05) is 23.7 Å². The third-order valence-electron chi connectivity index (χ3n) is 1.75. The normalized spacial score (nSPS) is 10.6. The van der Waals surface area contributed by atoms with Crippen LogP contribution in [0, 0.1) is 0 Å². The number of carbonyl (C=O) groups is 1. The first-order chi connectivity index (χ1) is 7.74. The van der Waals surface area contributed by atoms with Crippen LogP contribution in [0.5, 0.6) is 0 Å². The molecule has 0 aliphatic heterocycles. The average molecular weight is 241 g/mol. The number of azo groups is 1. The van der Waals surface area contributed by atoms with Gasteiger partial charge in [-0.2, -0.15) is 10.2 Å². The quantitative estimate of drug-likeness (QED) is 0.585. The fourth-order valence-electron chi connectivity index (χ4n) is 1.03. The monoisotopic (exact) mass is 240 g/mol. The molecule has 0 unspecified atom stereocenters. The Labute approximate surface area is 99.3 Å². The highest BCUT2D eigenvalue weighted by molar-refractivity contribution is 6.32. The second-order valence-electron chi connectivity index (χ2n) is 2.97. The molecule has 0 spiro atoms. The third-order valence-corrected chi connectivity index (χ3v) is 2.07. The molecule has 0 saturated heterocycles. The summed E-state index contributed by atoms with van der Waals surface area (Å²) in [6, 6.07) is 7.14. The van der Waals surface area contributed by atoms with E-state index in [1.54, 1.807) is 19.1 Å². The van der Waals surface area contributed by atoms with Crippen molar-refractivity contribution in [2.75, 3.05) is 13.2 Å². The van der Waals surface area contributed by atoms with Gasteiger partial charge in [-0.05, 0) is 19.1 Å². The van der Waals surface area contributed by atoms with Crippen LogP contribution in [0.15, 0.2) is 34.5 Å². The van der Waals surface area contributed by atoms with Gasteiger partial charge in [-0.25, -0.2) is 0 Å². The van der Waals surface area contributed by atoms with Crippen LogP contribution in [0.1, 0.15) is 13.3 Å². The van der Waals surface area contributed by atoms with E-state index in [2.05, 4.69) is 10.2 Å². The number of carbonyl (C=O) groups excluding carboxylic acids is 1. The summed E-state index contributed by atoms with van der Waals surface area (Å²) >= 11 is 5.87. The lowest BCUT2D eigenvalue weighted by Crippen LogP contribution is -2.04. The van der Waals surface area contributed by atoms with Crippen molar-refractivity contribution in [1.29, 1.82) is 0 Å². The number of hydrogen-bond donors (Lipinski definition) is 0. The van der Waals surface area contributed by atoms with Crippen molar-refractivity contribution in [1.82, 2.24) is 0 Å². The van der Waals surface area contributed by atoms with Crippen LogP contribution in [-0.2, 0) is 9.53 Å². The number of esters is 1. The molecule has 0 heterocycles. The average Bonchev–Trinajstić information content (AvgIpc) is 2.27. The Balaban J connectivity index is 2.38. The summed E-state index contributed by atoms with van der Waals surface area (Å²) in [4.78, 5) is 11.0. The zero-order valence-electron chi connectivity index (χ0n) is 9.02. The molecule has 16 heavy (non-hydrogen) atoms. The van der Waals surface area contributed by atoms with Gasteiger partial charge in [0.2, 0.25) is 0 Å². The molecular formula is C11H13ClN2O2. The SMILES string of the molecule is CCOC(=O)CCN=Nc1ccccc1Cl. The Morgan fingerprint density at radius 2 is 2.19 bits per heavy atom. The van der Waals surface area contributed by atoms with Gasteiger partial charge in [0.25, 0.3) is 0 Å². The highest BCUT2D eigenvalue weighted by Gasteiger charge is 2.00. The van der Waals surface area contributed by atoms with E-state index in [1.165, 1.54) is 0 Å². The van der Waals surface area contributed by atoms with Crippen molar-refractivity contribution in [2.45, 2.75) is 13.3 Å². The standard InChI is InChI=1S/C11H13ClN2O2/c1-2-16-11(15)7-8-13-14-10-6-4-3-5-9(10)12/h3-6H,2,7-8H2,1H3. The molecule has 0 amide bonds. The van der Waals surface area contributed by atoms with E-state index in [9.17, 15) is 4.79 Å². The summed E-state index contributed by atoms with van der Waals surface area (Å²) in [7, 11) is 0. The van der Waals surface area contributed by atoms with E-state index in [-0.39, 0.29) is 12.4 Å². The van der Waals surface area contributed by atoms with Gasteiger partial charge >= 0.3 is 5.97 Å². The van der Waals surface area contributed by atoms with Gasteiger partial charge in [0.15, 0.2) is 0 Å². The predicted octanol–water partition coefficient (Wildman–Crippen LogP) is 3.38. The van der Waals surface area contributed by atoms with Crippen LogP contribution in [0.4, 0.5) is 5.69 Å². The molecule has 0 aliphatic carbocycles. The Kier molecular flexibility index (Phi) is 5.50. The van der Waals surface area contributed by atoms with Crippen molar-refractivity contribution >= 4 is 23.3 Å². The van der Waals surface area contributed by atoms with Crippen LogP contribution in [0.3, 0.4) is 0 Å². The molecule has 1 aromatic rings. The first-order valence-corrected chi connectivity index (χ1v) is 5.39. The molecule has 0 aliphatic rings. The fraction of sp³-hybridized carbons (Fsp3) is 0.364. The molecule has 0 atom stereocenters. The van der Waals surface area contributed by atoms with Crippen LogP contribution >= 0.6 is 11.6 Å². The first-order valence-electron chi connectivity index (χ1n) is 5.01. The Morgan fingerprint density at radius 3 is 2.88 bits per heavy atom. The van der Waals surface area contributed by atoms with Gasteiger partial charge < -0.3 is 4.74 Å². The fourth-order valence-corrected chi connectivity index (χ4v) is 1.21. The number of benzene rings is 1. The number of ether oxygens (including phenoxy) is 1. The van der Waals surface area contributed by atoms with Crippen molar-refractivity contribution in [3.05, 3.63) is 29.3 Å². The maximum atomic E-state index is 11.0. The molecule has 4 nitrogen and oxygen atoms in total. The summed E-state index contributed by atoms with van der Waals surface area (Å²) in [6.45, 7) is 2.47. The minimum atomic E-state index is -0.263. The lowest BCUT2D eigenvalue weighted by atomic mass is 10.3. The second-order valence-corrected chi connectivity index (χ2v) is 3.38. The summed E-state index contributed by atoms with van der Waals surface area (Å²) in [5.74, 6) is -0.263. The molecule has 0 radical (unpaired) electrons. The lowest BCUT2D eigenvalue weighted by molar-refractivity contribution is -0.142. The van der Waals surface area contributed by atoms with Crippen LogP contribution in [0.2, 0.25) is 5.02 Å². The Morgan fingerprint density at radius 1 is 1.44 bits per heavy atom. The van der Waals surface area contributed by atoms with Crippen LogP contribution in [-0.4, -0.2) is 19.1 Å². The molecule has 0 aromatic heterocycles. The topological polar surface area (TPSA) is 51.0 Å². The lowest BCUT2D eigenvalue weighted by Gasteiger charge is -1.98. The zero-order chi connectivity index (χ0) is 11.8. The summed E-state index contributed by atoms with van der Waals surface area (Å²) in [5, 5.41) is 8.33.